The van der Waals surface area contributed by atoms with Crippen molar-refractivity contribution in [1.82, 2.24) is 4.72 Å². The Morgan fingerprint density at radius 1 is 0.925 bits per heavy atom. The molecule has 0 aromatic heterocycles. The van der Waals surface area contributed by atoms with Gasteiger partial charge in [-0.05, 0) is 65.8 Å². The molecule has 2 N–H and O–H groups in total. The van der Waals surface area contributed by atoms with Crippen LogP contribution in [0.1, 0.15) is 36.0 Å². The van der Waals surface area contributed by atoms with E-state index in [0.717, 1.165) is 37.8 Å². The van der Waals surface area contributed by atoms with E-state index in [1.807, 2.05) is 91.8 Å². The lowest BCUT2D eigenvalue weighted by molar-refractivity contribution is -0.137. The summed E-state index contributed by atoms with van der Waals surface area (Å²) in [4.78, 5) is 13.2. The summed E-state index contributed by atoms with van der Waals surface area (Å²) in [7, 11) is 0.178. The van der Waals surface area contributed by atoms with Crippen molar-refractivity contribution in [1.29, 1.82) is 0 Å². The van der Waals surface area contributed by atoms with Gasteiger partial charge in [0.05, 0.1) is 4.90 Å². The number of carbonyl (C=O) groups is 1. The Labute approximate surface area is 244 Å². The Morgan fingerprint density at radius 3 is 2.33 bits per heavy atom. The maximum absolute atomic E-state index is 13.2. The topological polar surface area (TPSA) is 86.7 Å². The van der Waals surface area contributed by atoms with Gasteiger partial charge in [0, 0.05) is 48.0 Å². The molecule has 0 aliphatic heterocycles. The van der Waals surface area contributed by atoms with Gasteiger partial charge in [0.25, 0.3) is 0 Å². The summed E-state index contributed by atoms with van der Waals surface area (Å²) in [5.41, 5.74) is 5.07. The van der Waals surface area contributed by atoms with Gasteiger partial charge in [0.15, 0.2) is 0 Å². The first-order valence-corrected chi connectivity index (χ1v) is 15.4. The van der Waals surface area contributed by atoms with E-state index in [0.29, 0.717) is 24.6 Å². The van der Waals surface area contributed by atoms with Crippen LogP contribution in [0.15, 0.2) is 100 Å². The minimum absolute atomic E-state index is 0.132. The predicted octanol–water partition coefficient (Wildman–Crippen LogP) is 6.88. The van der Waals surface area contributed by atoms with E-state index in [1.165, 1.54) is 0 Å². The third-order valence-corrected chi connectivity index (χ3v) is 8.69. The number of hydrogen-bond acceptors (Lipinski definition) is 4. The molecule has 4 rings (SSSR count). The predicted molar refractivity (Wildman–Crippen MR) is 166 cm³/mol. The van der Waals surface area contributed by atoms with Gasteiger partial charge in [-0.1, -0.05) is 82.7 Å². The highest BCUT2D eigenvalue weighted by atomic mass is 79.9. The first-order chi connectivity index (χ1) is 19.2. The van der Waals surface area contributed by atoms with Gasteiger partial charge in [0.2, 0.25) is 10.0 Å². The highest BCUT2D eigenvalue weighted by Gasteiger charge is 2.18. The largest absolute Gasteiger partial charge is 0.481 e. The molecule has 8 heteroatoms. The van der Waals surface area contributed by atoms with Crippen LogP contribution in [-0.4, -0.2) is 40.1 Å². The van der Waals surface area contributed by atoms with Crippen LogP contribution in [-0.2, 0) is 21.2 Å². The van der Waals surface area contributed by atoms with Crippen molar-refractivity contribution in [2.45, 2.75) is 30.6 Å². The first kappa shape index (κ1) is 29.5. The summed E-state index contributed by atoms with van der Waals surface area (Å²) >= 11 is 3.54. The molecule has 40 heavy (non-hydrogen) atoms. The maximum Gasteiger partial charge on any atom is 0.303 e. The molecule has 0 unspecified atom stereocenters. The number of hydrogen-bond donors (Lipinski definition) is 2. The number of rotatable bonds is 12. The van der Waals surface area contributed by atoms with Crippen molar-refractivity contribution in [2.75, 3.05) is 25.5 Å². The van der Waals surface area contributed by atoms with Crippen LogP contribution in [0.5, 0.6) is 0 Å². The Hall–Kier alpha value is -3.46. The van der Waals surface area contributed by atoms with Crippen molar-refractivity contribution >= 4 is 54.0 Å². The Morgan fingerprint density at radius 2 is 1.62 bits per heavy atom. The van der Waals surface area contributed by atoms with Gasteiger partial charge in [-0.25, -0.2) is 13.1 Å². The zero-order chi connectivity index (χ0) is 28.7. The summed E-state index contributed by atoms with van der Waals surface area (Å²) in [6.07, 6.45) is 3.98. The lowest BCUT2D eigenvalue weighted by Gasteiger charge is -2.17. The fourth-order valence-corrected chi connectivity index (χ4v) is 6.36. The number of nitrogens with zero attached hydrogens (tertiary/aromatic N) is 1. The summed E-state index contributed by atoms with van der Waals surface area (Å²) in [5, 5.41) is 10.6. The van der Waals surface area contributed by atoms with E-state index < -0.39 is 16.0 Å². The molecular weight excluding hydrogens is 588 g/mol. The normalized spacial score (nSPS) is 12.0. The Balaban J connectivity index is 1.47. The van der Waals surface area contributed by atoms with E-state index in [9.17, 15) is 13.2 Å². The number of benzene rings is 4. The number of carboxylic acid groups (broad SMARTS) is 1. The molecule has 0 bridgehead atoms. The van der Waals surface area contributed by atoms with Crippen molar-refractivity contribution in [2.24, 2.45) is 0 Å². The lowest BCUT2D eigenvalue weighted by Crippen LogP contribution is -2.26. The van der Waals surface area contributed by atoms with Crippen LogP contribution >= 0.6 is 15.9 Å². The zero-order valence-electron chi connectivity index (χ0n) is 22.6. The molecule has 0 aliphatic carbocycles. The van der Waals surface area contributed by atoms with Crippen LogP contribution < -0.4 is 9.62 Å². The number of nitrogens with one attached hydrogen (secondary N) is 1. The summed E-state index contributed by atoms with van der Waals surface area (Å²) < 4.78 is 30.2. The molecule has 4 aromatic rings. The second-order valence-electron chi connectivity index (χ2n) is 9.78. The van der Waals surface area contributed by atoms with Crippen LogP contribution in [0.25, 0.3) is 16.3 Å². The summed E-state index contributed by atoms with van der Waals surface area (Å²) in [6.45, 7) is 0.273. The van der Waals surface area contributed by atoms with E-state index in [4.69, 9.17) is 5.11 Å². The molecule has 0 spiro atoms. The van der Waals surface area contributed by atoms with Crippen LogP contribution in [0.4, 0.5) is 5.69 Å². The summed E-state index contributed by atoms with van der Waals surface area (Å²) in [5.74, 6) is -0.795. The minimum Gasteiger partial charge on any atom is -0.481 e. The van der Waals surface area contributed by atoms with Crippen molar-refractivity contribution in [3.05, 3.63) is 112 Å². The molecular formula is C32H33BrN2O4S. The number of sulfonamides is 1. The monoisotopic (exact) mass is 620 g/mol. The Bertz CT molecular complexity index is 1630. The van der Waals surface area contributed by atoms with Crippen LogP contribution in [0.3, 0.4) is 0 Å². The number of aliphatic carboxylic acids is 1. The third kappa shape index (κ3) is 7.38. The molecule has 0 heterocycles. The molecule has 0 atom stereocenters. The van der Waals surface area contributed by atoms with Crippen molar-refractivity contribution in [3.63, 3.8) is 0 Å². The molecule has 0 aliphatic rings. The molecule has 0 radical (unpaired) electrons. The average Bonchev–Trinajstić information content (AvgIpc) is 2.92. The van der Waals surface area contributed by atoms with Crippen molar-refractivity contribution in [3.8, 4) is 0 Å². The lowest BCUT2D eigenvalue weighted by atomic mass is 9.95. The number of allylic oxidation sites excluding steroid dienone is 1. The highest BCUT2D eigenvalue weighted by Crippen LogP contribution is 2.30. The molecule has 0 fully saturated rings. The van der Waals surface area contributed by atoms with E-state index in [2.05, 4.69) is 26.7 Å². The Kier molecular flexibility index (Phi) is 9.79. The smallest absolute Gasteiger partial charge is 0.303 e. The van der Waals surface area contributed by atoms with Gasteiger partial charge >= 0.3 is 5.97 Å². The maximum atomic E-state index is 13.2. The number of carboxylic acids is 1. The zero-order valence-corrected chi connectivity index (χ0v) is 25.0. The summed E-state index contributed by atoms with van der Waals surface area (Å²) in [6, 6.07) is 27.1. The SMILES string of the molecule is CN(C)c1cccc2c(S(=O)(=O)NCCc3ccc(/C(=C\CCCC(=O)O)c4cccc(Br)c4)cc3)cccc12. The fraction of sp³-hybridized carbons (Fsp3) is 0.219. The third-order valence-electron chi connectivity index (χ3n) is 6.68. The highest BCUT2D eigenvalue weighted by molar-refractivity contribution is 9.10. The molecule has 0 saturated heterocycles. The number of unbranched alkanes of at least 4 members (excludes halogenated alkanes) is 1. The second-order valence-corrected chi connectivity index (χ2v) is 12.4. The van der Waals surface area contributed by atoms with Gasteiger partial charge in [-0.3, -0.25) is 4.79 Å². The van der Waals surface area contributed by atoms with Crippen LogP contribution in [0, 0.1) is 0 Å². The fourth-order valence-electron chi connectivity index (χ4n) is 4.71. The van der Waals surface area contributed by atoms with E-state index in [-0.39, 0.29) is 17.9 Å². The molecule has 6 nitrogen and oxygen atoms in total. The molecule has 0 saturated carbocycles. The van der Waals surface area contributed by atoms with Crippen LogP contribution in [0.2, 0.25) is 0 Å². The van der Waals surface area contributed by atoms with Crippen molar-refractivity contribution < 1.29 is 18.3 Å². The quantitative estimate of drug-likeness (QED) is 0.169. The van der Waals surface area contributed by atoms with Gasteiger partial charge in [-0.15, -0.1) is 0 Å². The van der Waals surface area contributed by atoms with Gasteiger partial charge < -0.3 is 10.0 Å². The average molecular weight is 622 g/mol. The first-order valence-electron chi connectivity index (χ1n) is 13.1. The molecule has 4 aromatic carbocycles. The van der Waals surface area contributed by atoms with E-state index in [1.54, 1.807) is 12.1 Å². The standard InChI is InChI=1S/C32H33BrN2O4S/c1-35(2)30-13-6-12-29-28(30)11-7-14-31(29)40(38,39)34-21-20-23-16-18-24(19-17-23)27(10-3-4-15-32(36)37)25-8-5-9-26(33)22-25/h5-14,16-19,22,34H,3-4,15,20-21H2,1-2H3,(H,36,37)/b27-10+. The molecule has 208 valence electrons. The number of anilines is 1. The van der Waals surface area contributed by atoms with Gasteiger partial charge in [-0.2, -0.15) is 0 Å². The molecule has 0 amide bonds. The van der Waals surface area contributed by atoms with Gasteiger partial charge in [0.1, 0.15) is 0 Å². The van der Waals surface area contributed by atoms with E-state index >= 15 is 0 Å². The number of halogens is 1. The second kappa shape index (κ2) is 13.3. The number of fused-ring (bicyclic) bond motifs is 1. The minimum atomic E-state index is -3.70.